The van der Waals surface area contributed by atoms with Crippen molar-refractivity contribution < 1.29 is 19.9 Å². The normalized spacial score (nSPS) is 18.8. The molecular formula is C4H8N8O8. The standard InChI is InChI=1S/C4H8N8O8/c13-9(14)4(10(15)16)1-5-2-6-3-7(11(17)18)8(4)12(19)20/h5-6H,1-3H2. The van der Waals surface area contributed by atoms with Crippen LogP contribution in [0.2, 0.25) is 0 Å². The van der Waals surface area contributed by atoms with E-state index < -0.39 is 44.0 Å². The predicted molar refractivity (Wildman–Crippen MR) is 55.3 cm³/mol. The summed E-state index contributed by atoms with van der Waals surface area (Å²) < 4.78 is 0. The summed E-state index contributed by atoms with van der Waals surface area (Å²) in [4.78, 5) is 40.4. The van der Waals surface area contributed by atoms with Crippen molar-refractivity contribution in [2.75, 3.05) is 19.9 Å². The Morgan fingerprint density at radius 1 is 0.900 bits per heavy atom. The van der Waals surface area contributed by atoms with Crippen molar-refractivity contribution in [1.82, 2.24) is 20.9 Å². The fraction of sp³-hybridized carbons (Fsp3) is 1.00. The maximum absolute atomic E-state index is 11.0. The van der Waals surface area contributed by atoms with E-state index in [4.69, 9.17) is 0 Å². The molecule has 0 aromatic carbocycles. The summed E-state index contributed by atoms with van der Waals surface area (Å²) in [5, 5.41) is 44.1. The van der Waals surface area contributed by atoms with Crippen molar-refractivity contribution in [1.29, 1.82) is 0 Å². The molecule has 0 bridgehead atoms. The highest BCUT2D eigenvalue weighted by atomic mass is 16.8. The van der Waals surface area contributed by atoms with E-state index in [1.807, 2.05) is 0 Å². The molecule has 0 aliphatic carbocycles. The van der Waals surface area contributed by atoms with Gasteiger partial charge in [-0.1, -0.05) is 0 Å². The zero-order valence-corrected chi connectivity index (χ0v) is 9.57. The Morgan fingerprint density at radius 2 is 1.45 bits per heavy atom. The molecule has 1 aliphatic rings. The Balaban J connectivity index is 3.46. The van der Waals surface area contributed by atoms with Gasteiger partial charge in [-0.15, -0.1) is 0 Å². The van der Waals surface area contributed by atoms with Crippen LogP contribution in [0.3, 0.4) is 0 Å². The molecule has 0 spiro atoms. The summed E-state index contributed by atoms with van der Waals surface area (Å²) in [6.07, 6.45) is 0. The molecule has 16 nitrogen and oxygen atoms in total. The van der Waals surface area contributed by atoms with Crippen LogP contribution in [-0.2, 0) is 0 Å². The minimum absolute atomic E-state index is 0.251. The smallest absolute Gasteiger partial charge is 0.289 e. The van der Waals surface area contributed by atoms with Gasteiger partial charge < -0.3 is 0 Å². The van der Waals surface area contributed by atoms with E-state index in [2.05, 4.69) is 10.6 Å². The minimum Gasteiger partial charge on any atom is -0.289 e. The number of rotatable bonds is 4. The van der Waals surface area contributed by atoms with E-state index in [9.17, 15) is 40.5 Å². The third kappa shape index (κ3) is 2.31. The molecule has 1 fully saturated rings. The van der Waals surface area contributed by atoms with E-state index in [1.54, 1.807) is 0 Å². The van der Waals surface area contributed by atoms with Gasteiger partial charge in [-0.25, -0.2) is 20.2 Å². The molecule has 112 valence electrons. The van der Waals surface area contributed by atoms with Gasteiger partial charge in [0.1, 0.15) is 9.85 Å². The highest BCUT2D eigenvalue weighted by Crippen LogP contribution is 2.20. The Hall–Kier alpha value is -2.88. The second-order valence-corrected chi connectivity index (χ2v) is 3.44. The van der Waals surface area contributed by atoms with Gasteiger partial charge in [0, 0.05) is 6.67 Å². The summed E-state index contributed by atoms with van der Waals surface area (Å²) in [5.74, 6) is -3.54. The summed E-state index contributed by atoms with van der Waals surface area (Å²) in [5.41, 5.74) is 0. The zero-order chi connectivity index (χ0) is 15.5. The van der Waals surface area contributed by atoms with Gasteiger partial charge in [0.15, 0.2) is 28.4 Å². The first-order valence-corrected chi connectivity index (χ1v) is 4.82. The molecule has 0 aromatic rings. The topological polar surface area (TPSA) is 203 Å². The molecule has 16 heteroatoms. The van der Waals surface area contributed by atoms with Crippen LogP contribution < -0.4 is 10.6 Å². The molecule has 0 unspecified atom stereocenters. The lowest BCUT2D eigenvalue weighted by atomic mass is 10.3. The summed E-state index contributed by atoms with van der Waals surface area (Å²) in [7, 11) is 0. The van der Waals surface area contributed by atoms with Crippen LogP contribution in [0, 0.1) is 40.5 Å². The molecule has 0 radical (unpaired) electrons. The van der Waals surface area contributed by atoms with Crippen molar-refractivity contribution in [3.8, 4) is 0 Å². The molecule has 1 rings (SSSR count). The Labute approximate surface area is 108 Å². The van der Waals surface area contributed by atoms with Crippen molar-refractivity contribution in [3.63, 3.8) is 0 Å². The first-order valence-electron chi connectivity index (χ1n) is 4.82. The lowest BCUT2D eigenvalue weighted by molar-refractivity contribution is -0.958. The van der Waals surface area contributed by atoms with Gasteiger partial charge in [0.25, 0.3) is 0 Å². The molecule has 0 amide bonds. The van der Waals surface area contributed by atoms with Crippen LogP contribution in [0.5, 0.6) is 0 Å². The molecule has 0 atom stereocenters. The molecule has 1 heterocycles. The van der Waals surface area contributed by atoms with E-state index in [0.717, 1.165) is 0 Å². The lowest BCUT2D eigenvalue weighted by Crippen LogP contribution is -2.74. The summed E-state index contributed by atoms with van der Waals surface area (Å²) >= 11 is 0. The molecule has 20 heavy (non-hydrogen) atoms. The van der Waals surface area contributed by atoms with E-state index in [-0.39, 0.29) is 11.8 Å². The largest absolute Gasteiger partial charge is 0.626 e. The average molecular weight is 296 g/mol. The molecule has 0 aromatic heterocycles. The third-order valence-electron chi connectivity index (χ3n) is 2.33. The Bertz CT molecular complexity index is 438. The highest BCUT2D eigenvalue weighted by Gasteiger charge is 2.74. The third-order valence-corrected chi connectivity index (χ3v) is 2.33. The molecular weight excluding hydrogens is 288 g/mol. The first kappa shape index (κ1) is 15.2. The van der Waals surface area contributed by atoms with Crippen LogP contribution in [0.15, 0.2) is 0 Å². The molecule has 1 aliphatic heterocycles. The summed E-state index contributed by atoms with van der Waals surface area (Å²) in [6, 6.07) is 0. The fourth-order valence-electron chi connectivity index (χ4n) is 1.48. The molecule has 0 saturated carbocycles. The van der Waals surface area contributed by atoms with Crippen LogP contribution >= 0.6 is 0 Å². The number of nitrogens with one attached hydrogen (secondary N) is 2. The van der Waals surface area contributed by atoms with Crippen LogP contribution in [0.25, 0.3) is 0 Å². The minimum atomic E-state index is -3.54. The highest BCUT2D eigenvalue weighted by molar-refractivity contribution is 4.67. The van der Waals surface area contributed by atoms with Crippen LogP contribution in [0.1, 0.15) is 0 Å². The lowest BCUT2D eigenvalue weighted by Gasteiger charge is -2.27. The van der Waals surface area contributed by atoms with E-state index >= 15 is 0 Å². The van der Waals surface area contributed by atoms with Crippen molar-refractivity contribution in [3.05, 3.63) is 40.5 Å². The van der Waals surface area contributed by atoms with Gasteiger partial charge in [-0.2, -0.15) is 0 Å². The van der Waals surface area contributed by atoms with E-state index in [0.29, 0.717) is 0 Å². The maximum Gasteiger partial charge on any atom is 0.626 e. The molecule has 2 N–H and O–H groups in total. The van der Waals surface area contributed by atoms with Crippen molar-refractivity contribution in [2.24, 2.45) is 0 Å². The van der Waals surface area contributed by atoms with Gasteiger partial charge in [0.2, 0.25) is 0 Å². The Kier molecular flexibility index (Phi) is 4.10. The van der Waals surface area contributed by atoms with Crippen LogP contribution in [0.4, 0.5) is 0 Å². The number of nitrogens with zero attached hydrogens (tertiary/aromatic N) is 6. The van der Waals surface area contributed by atoms with Crippen molar-refractivity contribution >= 4 is 0 Å². The zero-order valence-electron chi connectivity index (χ0n) is 9.57. The van der Waals surface area contributed by atoms with Crippen molar-refractivity contribution in [2.45, 2.75) is 5.79 Å². The number of nitro groups is 4. The average Bonchev–Trinajstić information content (AvgIpc) is 2.26. The van der Waals surface area contributed by atoms with Gasteiger partial charge in [0.05, 0.1) is 5.12 Å². The second-order valence-electron chi connectivity index (χ2n) is 3.44. The van der Waals surface area contributed by atoms with Gasteiger partial charge in [-0.3, -0.25) is 30.9 Å². The van der Waals surface area contributed by atoms with Gasteiger partial charge in [-0.05, 0) is 0 Å². The summed E-state index contributed by atoms with van der Waals surface area (Å²) in [6.45, 7) is -2.21. The quantitative estimate of drug-likeness (QED) is 0.306. The van der Waals surface area contributed by atoms with E-state index in [1.165, 1.54) is 0 Å². The number of hydrazine groups is 3. The van der Waals surface area contributed by atoms with Crippen LogP contribution in [-0.4, -0.2) is 55.8 Å². The monoisotopic (exact) mass is 296 g/mol. The SMILES string of the molecule is O=[N+]([O-])N1CNCNCC([N+](=O)[O-])([N+](=O)[O-])N1[N+](=O)[O-]. The fourth-order valence-corrected chi connectivity index (χ4v) is 1.48. The first-order chi connectivity index (χ1) is 9.25. The number of hydrogen-bond acceptors (Lipinski definition) is 10. The predicted octanol–water partition coefficient (Wildman–Crippen LogP) is -2.80. The number of hydrogen-bond donors (Lipinski definition) is 2. The van der Waals surface area contributed by atoms with Gasteiger partial charge >= 0.3 is 5.79 Å². The molecule has 1 saturated heterocycles. The maximum atomic E-state index is 11.0. The second kappa shape index (κ2) is 5.40. The Morgan fingerprint density at radius 3 is 1.85 bits per heavy atom.